The summed E-state index contributed by atoms with van der Waals surface area (Å²) in [5.74, 6) is 4.25. The molecule has 156 valence electrons. The minimum Gasteiger partial charge on any atom is -0.497 e. The van der Waals surface area contributed by atoms with Crippen molar-refractivity contribution in [3.63, 3.8) is 0 Å². The van der Waals surface area contributed by atoms with Crippen LogP contribution in [0.5, 0.6) is 11.5 Å². The molecule has 0 radical (unpaired) electrons. The molecule has 6 heteroatoms. The first kappa shape index (κ1) is 20.0. The zero-order chi connectivity index (χ0) is 20.4. The van der Waals surface area contributed by atoms with Crippen LogP contribution < -0.4 is 14.4 Å². The van der Waals surface area contributed by atoms with Gasteiger partial charge >= 0.3 is 0 Å². The monoisotopic (exact) mass is 396 g/mol. The van der Waals surface area contributed by atoms with E-state index in [0.29, 0.717) is 5.92 Å². The van der Waals surface area contributed by atoms with Crippen molar-refractivity contribution in [3.8, 4) is 11.5 Å². The average molecular weight is 397 g/mol. The Kier molecular flexibility index (Phi) is 5.90. The average Bonchev–Trinajstić information content (AvgIpc) is 3.27. The summed E-state index contributed by atoms with van der Waals surface area (Å²) in [4.78, 5) is 14.9. The van der Waals surface area contributed by atoms with Crippen LogP contribution in [0.15, 0.2) is 18.2 Å². The molecular weight excluding hydrogens is 364 g/mol. The molecule has 1 saturated heterocycles. The molecule has 6 nitrogen and oxygen atoms in total. The number of aromatic nitrogens is 2. The van der Waals surface area contributed by atoms with Gasteiger partial charge < -0.3 is 14.4 Å². The number of fused-ring (bicyclic) bond motifs is 1. The van der Waals surface area contributed by atoms with Crippen LogP contribution in [0.4, 0.5) is 5.82 Å². The lowest BCUT2D eigenvalue weighted by Crippen LogP contribution is -2.34. The van der Waals surface area contributed by atoms with Crippen molar-refractivity contribution in [1.29, 1.82) is 0 Å². The Hall–Kier alpha value is -2.34. The molecule has 0 spiro atoms. The van der Waals surface area contributed by atoms with Gasteiger partial charge in [0.2, 0.25) is 0 Å². The Morgan fingerprint density at radius 1 is 1.03 bits per heavy atom. The van der Waals surface area contributed by atoms with Crippen molar-refractivity contribution in [3.05, 3.63) is 40.8 Å². The maximum absolute atomic E-state index is 5.58. The number of rotatable bonds is 6. The molecular formula is C23H32N4O2. The molecule has 2 aliphatic rings. The summed E-state index contributed by atoms with van der Waals surface area (Å²) < 4.78 is 11.0. The van der Waals surface area contributed by atoms with E-state index in [2.05, 4.69) is 29.7 Å². The summed E-state index contributed by atoms with van der Waals surface area (Å²) in [6.07, 6.45) is 3.51. The van der Waals surface area contributed by atoms with E-state index >= 15 is 0 Å². The van der Waals surface area contributed by atoms with Gasteiger partial charge in [-0.2, -0.15) is 0 Å². The Labute approximate surface area is 173 Å². The molecule has 4 rings (SSSR count). The Morgan fingerprint density at radius 2 is 1.83 bits per heavy atom. The van der Waals surface area contributed by atoms with Crippen molar-refractivity contribution in [2.75, 3.05) is 38.8 Å². The fourth-order valence-electron chi connectivity index (χ4n) is 4.31. The van der Waals surface area contributed by atoms with Crippen LogP contribution in [0.1, 0.15) is 55.3 Å². The lowest BCUT2D eigenvalue weighted by atomic mass is 10.0. The van der Waals surface area contributed by atoms with E-state index in [1.165, 1.54) is 29.9 Å². The molecule has 2 aliphatic heterocycles. The van der Waals surface area contributed by atoms with Gasteiger partial charge in [-0.05, 0) is 37.5 Å². The van der Waals surface area contributed by atoms with Gasteiger partial charge in [-0.15, -0.1) is 0 Å². The fourth-order valence-corrected chi connectivity index (χ4v) is 4.31. The second-order valence-electron chi connectivity index (χ2n) is 8.32. The molecule has 1 fully saturated rings. The van der Waals surface area contributed by atoms with Crippen LogP contribution in [0.2, 0.25) is 0 Å². The Bertz CT molecular complexity index is 862. The van der Waals surface area contributed by atoms with Crippen molar-refractivity contribution < 1.29 is 9.47 Å². The molecule has 0 atom stereocenters. The number of hydrogen-bond donors (Lipinski definition) is 0. The van der Waals surface area contributed by atoms with Gasteiger partial charge in [-0.25, -0.2) is 9.97 Å². The third-order valence-electron chi connectivity index (χ3n) is 5.94. The third kappa shape index (κ3) is 4.17. The van der Waals surface area contributed by atoms with E-state index in [4.69, 9.17) is 19.4 Å². The normalized spacial score (nSPS) is 16.9. The van der Waals surface area contributed by atoms with Crippen LogP contribution in [0, 0.1) is 0 Å². The molecule has 0 bridgehead atoms. The Morgan fingerprint density at radius 3 is 2.52 bits per heavy atom. The highest BCUT2D eigenvalue weighted by molar-refractivity contribution is 5.51. The van der Waals surface area contributed by atoms with Gasteiger partial charge in [0.05, 0.1) is 19.9 Å². The summed E-state index contributed by atoms with van der Waals surface area (Å²) >= 11 is 0. The number of hydrogen-bond acceptors (Lipinski definition) is 6. The van der Waals surface area contributed by atoms with Crippen LogP contribution >= 0.6 is 0 Å². The summed E-state index contributed by atoms with van der Waals surface area (Å²) in [6.45, 7) is 9.25. The number of methoxy groups -OCH3 is 2. The standard InChI is InChI=1S/C23H32N4O2/c1-16(2)22-24-20-15-26(14-17-13-18(28-3)7-8-21(17)29-4)12-9-19(20)23(25-22)27-10-5-6-11-27/h7-8,13,16H,5-6,9-12,14-15H2,1-4H3. The highest BCUT2D eigenvalue weighted by Gasteiger charge is 2.27. The maximum Gasteiger partial charge on any atom is 0.135 e. The predicted molar refractivity (Wildman–Crippen MR) is 115 cm³/mol. The van der Waals surface area contributed by atoms with Crippen molar-refractivity contribution in [2.24, 2.45) is 0 Å². The molecule has 0 N–H and O–H groups in total. The largest absolute Gasteiger partial charge is 0.497 e. The molecule has 29 heavy (non-hydrogen) atoms. The smallest absolute Gasteiger partial charge is 0.135 e. The highest BCUT2D eigenvalue weighted by Crippen LogP contribution is 2.32. The van der Waals surface area contributed by atoms with E-state index in [9.17, 15) is 0 Å². The maximum atomic E-state index is 5.58. The molecule has 2 aromatic rings. The van der Waals surface area contributed by atoms with E-state index in [1.807, 2.05) is 12.1 Å². The zero-order valence-electron chi connectivity index (χ0n) is 18.1. The van der Waals surface area contributed by atoms with Crippen LogP contribution in [0.3, 0.4) is 0 Å². The second-order valence-corrected chi connectivity index (χ2v) is 8.32. The Balaban J connectivity index is 1.61. The van der Waals surface area contributed by atoms with Crippen molar-refractivity contribution in [1.82, 2.24) is 14.9 Å². The van der Waals surface area contributed by atoms with Crippen LogP contribution in [-0.4, -0.2) is 48.7 Å². The van der Waals surface area contributed by atoms with Crippen LogP contribution in [-0.2, 0) is 19.5 Å². The minimum atomic E-state index is 0.329. The summed E-state index contributed by atoms with van der Waals surface area (Å²) in [7, 11) is 3.42. The van der Waals surface area contributed by atoms with Gasteiger partial charge in [0.1, 0.15) is 23.1 Å². The lowest BCUT2D eigenvalue weighted by Gasteiger charge is -2.32. The molecule has 3 heterocycles. The second kappa shape index (κ2) is 8.57. The van der Waals surface area contributed by atoms with E-state index in [1.54, 1.807) is 14.2 Å². The van der Waals surface area contributed by atoms with Crippen molar-refractivity contribution >= 4 is 5.82 Å². The van der Waals surface area contributed by atoms with Gasteiger partial charge in [0, 0.05) is 49.8 Å². The quantitative estimate of drug-likeness (QED) is 0.741. The summed E-state index contributed by atoms with van der Waals surface area (Å²) in [5, 5.41) is 0. The molecule has 0 unspecified atom stereocenters. The zero-order valence-corrected chi connectivity index (χ0v) is 18.1. The van der Waals surface area contributed by atoms with E-state index in [0.717, 1.165) is 62.0 Å². The highest BCUT2D eigenvalue weighted by atomic mass is 16.5. The number of ether oxygens (including phenoxy) is 2. The fraction of sp³-hybridized carbons (Fsp3) is 0.565. The van der Waals surface area contributed by atoms with Crippen molar-refractivity contribution in [2.45, 2.75) is 52.1 Å². The number of benzene rings is 1. The first-order valence-electron chi connectivity index (χ1n) is 10.7. The molecule has 0 amide bonds. The SMILES string of the molecule is COc1ccc(OC)c(CN2CCc3c(nc(C(C)C)nc3N3CCCC3)C2)c1. The number of nitrogens with zero attached hydrogens (tertiary/aromatic N) is 4. The first-order valence-corrected chi connectivity index (χ1v) is 10.7. The molecule has 1 aromatic carbocycles. The topological polar surface area (TPSA) is 50.7 Å². The molecule has 1 aromatic heterocycles. The van der Waals surface area contributed by atoms with Gasteiger partial charge in [-0.3, -0.25) is 4.90 Å². The van der Waals surface area contributed by atoms with Gasteiger partial charge in [0.25, 0.3) is 0 Å². The number of anilines is 1. The van der Waals surface area contributed by atoms with Crippen LogP contribution in [0.25, 0.3) is 0 Å². The molecule has 0 aliphatic carbocycles. The van der Waals surface area contributed by atoms with E-state index in [-0.39, 0.29) is 0 Å². The third-order valence-corrected chi connectivity index (χ3v) is 5.94. The first-order chi connectivity index (χ1) is 14.1. The summed E-state index contributed by atoms with van der Waals surface area (Å²) in [6, 6.07) is 6.00. The summed E-state index contributed by atoms with van der Waals surface area (Å²) in [5.41, 5.74) is 3.69. The molecule has 0 saturated carbocycles. The van der Waals surface area contributed by atoms with Gasteiger partial charge in [0.15, 0.2) is 0 Å². The van der Waals surface area contributed by atoms with Gasteiger partial charge in [-0.1, -0.05) is 13.8 Å². The predicted octanol–water partition coefficient (Wildman–Crippen LogP) is 3.78. The minimum absolute atomic E-state index is 0.329. The van der Waals surface area contributed by atoms with E-state index < -0.39 is 0 Å². The lowest BCUT2D eigenvalue weighted by molar-refractivity contribution is 0.236.